The molecule has 3 rings (SSSR count). The van der Waals surface area contributed by atoms with Gasteiger partial charge in [0.25, 0.3) is 0 Å². The second-order valence-electron chi connectivity index (χ2n) is 5.13. The average molecular weight is 283 g/mol. The van der Waals surface area contributed by atoms with Crippen LogP contribution in [0.5, 0.6) is 0 Å². The second kappa shape index (κ2) is 3.77. The zero-order valence-electron chi connectivity index (χ0n) is 9.12. The summed E-state index contributed by atoms with van der Waals surface area (Å²) in [5.74, 6) is 1.59. The Kier molecular flexibility index (Phi) is 2.51. The highest BCUT2D eigenvalue weighted by Gasteiger charge is 2.43. The number of rotatable bonds is 4. The van der Waals surface area contributed by atoms with Crippen LogP contribution in [0, 0.1) is 5.41 Å². The van der Waals surface area contributed by atoms with Crippen LogP contribution in [0.15, 0.2) is 10.7 Å². The van der Waals surface area contributed by atoms with Crippen molar-refractivity contribution in [2.75, 3.05) is 6.61 Å². The van der Waals surface area contributed by atoms with Crippen LogP contribution in [-0.4, -0.2) is 21.7 Å². The van der Waals surface area contributed by atoms with E-state index in [0.717, 1.165) is 35.3 Å². The molecule has 0 bridgehead atoms. The van der Waals surface area contributed by atoms with Crippen molar-refractivity contribution in [2.24, 2.45) is 5.41 Å². The molecule has 0 amide bonds. The third-order valence-corrected chi connectivity index (χ3v) is 4.28. The summed E-state index contributed by atoms with van der Waals surface area (Å²) in [7, 11) is 0. The minimum absolute atomic E-state index is 0.123. The molecule has 2 aliphatic rings. The highest BCUT2D eigenvalue weighted by atomic mass is 79.9. The van der Waals surface area contributed by atoms with Gasteiger partial charge in [-0.05, 0) is 53.4 Å². The van der Waals surface area contributed by atoms with E-state index in [2.05, 4.69) is 25.9 Å². The summed E-state index contributed by atoms with van der Waals surface area (Å²) >= 11 is 3.50. The van der Waals surface area contributed by atoms with Crippen LogP contribution in [0.1, 0.15) is 43.1 Å². The van der Waals surface area contributed by atoms with Gasteiger partial charge >= 0.3 is 0 Å². The minimum Gasteiger partial charge on any atom is -0.396 e. The predicted octanol–water partition coefficient (Wildman–Crippen LogP) is 2.43. The lowest BCUT2D eigenvalue weighted by Gasteiger charge is -2.12. The smallest absolute Gasteiger partial charge is 0.131 e. The van der Waals surface area contributed by atoms with E-state index >= 15 is 0 Å². The van der Waals surface area contributed by atoms with Crippen LogP contribution in [0.25, 0.3) is 0 Å². The molecule has 2 fully saturated rings. The summed E-state index contributed by atoms with van der Waals surface area (Å²) in [5.41, 5.74) is 1.20. The Labute approximate surface area is 103 Å². The van der Waals surface area contributed by atoms with Gasteiger partial charge in [-0.15, -0.1) is 0 Å². The van der Waals surface area contributed by atoms with Crippen molar-refractivity contribution in [3.05, 3.63) is 22.2 Å². The molecule has 0 saturated heterocycles. The normalized spacial score (nSPS) is 22.1. The van der Waals surface area contributed by atoms with Gasteiger partial charge in [-0.25, -0.2) is 9.97 Å². The van der Waals surface area contributed by atoms with Crippen LogP contribution in [0.4, 0.5) is 0 Å². The summed E-state index contributed by atoms with van der Waals surface area (Å²) in [5, 5.41) is 9.34. The van der Waals surface area contributed by atoms with Crippen molar-refractivity contribution in [1.29, 1.82) is 0 Å². The van der Waals surface area contributed by atoms with Crippen molar-refractivity contribution in [2.45, 2.75) is 38.0 Å². The number of hydrogen-bond acceptors (Lipinski definition) is 3. The molecule has 16 heavy (non-hydrogen) atoms. The first-order chi connectivity index (χ1) is 7.72. The van der Waals surface area contributed by atoms with Gasteiger partial charge in [0.05, 0.1) is 10.2 Å². The lowest BCUT2D eigenvalue weighted by atomic mass is 10.0. The summed E-state index contributed by atoms with van der Waals surface area (Å²) < 4.78 is 0.983. The molecule has 0 unspecified atom stereocenters. The quantitative estimate of drug-likeness (QED) is 0.923. The molecule has 0 aromatic carbocycles. The van der Waals surface area contributed by atoms with Crippen LogP contribution in [0.3, 0.4) is 0 Å². The van der Waals surface area contributed by atoms with Crippen molar-refractivity contribution in [3.8, 4) is 0 Å². The topological polar surface area (TPSA) is 46.0 Å². The molecule has 1 N–H and O–H groups in total. The standard InChI is InChI=1S/C12H15BrN2O/c13-9-6-14-11(8-1-2-8)15-10(9)5-12(7-16)3-4-12/h6,8,16H,1-5,7H2. The van der Waals surface area contributed by atoms with E-state index in [4.69, 9.17) is 0 Å². The molecule has 1 aromatic heterocycles. The maximum Gasteiger partial charge on any atom is 0.131 e. The number of hydrogen-bond donors (Lipinski definition) is 1. The van der Waals surface area contributed by atoms with E-state index in [-0.39, 0.29) is 12.0 Å². The molecule has 3 nitrogen and oxygen atoms in total. The number of halogens is 1. The Bertz CT molecular complexity index is 413. The molecule has 0 aliphatic heterocycles. The van der Waals surface area contributed by atoms with Gasteiger partial charge < -0.3 is 5.11 Å². The first kappa shape index (κ1) is 10.7. The van der Waals surface area contributed by atoms with Crippen molar-refractivity contribution >= 4 is 15.9 Å². The number of aliphatic hydroxyl groups excluding tert-OH is 1. The molecule has 0 radical (unpaired) electrons. The molecule has 0 atom stereocenters. The van der Waals surface area contributed by atoms with Crippen LogP contribution >= 0.6 is 15.9 Å². The molecule has 1 aromatic rings. The zero-order valence-corrected chi connectivity index (χ0v) is 10.7. The van der Waals surface area contributed by atoms with Gasteiger partial charge in [-0.3, -0.25) is 0 Å². The van der Waals surface area contributed by atoms with E-state index in [1.54, 1.807) is 0 Å². The molecule has 86 valence electrons. The fraction of sp³-hybridized carbons (Fsp3) is 0.667. The summed E-state index contributed by atoms with van der Waals surface area (Å²) in [6.07, 6.45) is 7.45. The first-order valence-corrected chi connectivity index (χ1v) is 6.64. The maximum absolute atomic E-state index is 9.34. The van der Waals surface area contributed by atoms with Gasteiger partial charge in [-0.2, -0.15) is 0 Å². The van der Waals surface area contributed by atoms with E-state index in [1.165, 1.54) is 12.8 Å². The molecule has 0 spiro atoms. The van der Waals surface area contributed by atoms with Crippen LogP contribution < -0.4 is 0 Å². The molecule has 2 saturated carbocycles. The molecule has 4 heteroatoms. The second-order valence-corrected chi connectivity index (χ2v) is 5.99. The number of nitrogens with zero attached hydrogens (tertiary/aromatic N) is 2. The summed E-state index contributed by atoms with van der Waals surface area (Å²) in [4.78, 5) is 9.00. The van der Waals surface area contributed by atoms with Gasteiger partial charge in [0.1, 0.15) is 5.82 Å². The van der Waals surface area contributed by atoms with E-state index in [0.29, 0.717) is 5.92 Å². The zero-order chi connectivity index (χ0) is 11.2. The first-order valence-electron chi connectivity index (χ1n) is 5.85. The van der Waals surface area contributed by atoms with Crippen molar-refractivity contribution in [1.82, 2.24) is 9.97 Å². The lowest BCUT2D eigenvalue weighted by molar-refractivity contribution is 0.210. The molecule has 1 heterocycles. The predicted molar refractivity (Wildman–Crippen MR) is 64.2 cm³/mol. The van der Waals surface area contributed by atoms with Crippen LogP contribution in [0.2, 0.25) is 0 Å². The van der Waals surface area contributed by atoms with Crippen molar-refractivity contribution in [3.63, 3.8) is 0 Å². The maximum atomic E-state index is 9.34. The van der Waals surface area contributed by atoms with Gasteiger partial charge in [0, 0.05) is 18.7 Å². The highest BCUT2D eigenvalue weighted by Crippen LogP contribution is 2.48. The van der Waals surface area contributed by atoms with Gasteiger partial charge in [-0.1, -0.05) is 0 Å². The summed E-state index contributed by atoms with van der Waals surface area (Å²) in [6, 6.07) is 0. The van der Waals surface area contributed by atoms with Crippen LogP contribution in [-0.2, 0) is 6.42 Å². The summed E-state index contributed by atoms with van der Waals surface area (Å²) in [6.45, 7) is 0.280. The Balaban J connectivity index is 1.84. The fourth-order valence-corrected chi connectivity index (χ4v) is 2.33. The van der Waals surface area contributed by atoms with Crippen molar-refractivity contribution < 1.29 is 5.11 Å². The average Bonchev–Trinajstić information content (AvgIpc) is 3.15. The fourth-order valence-electron chi connectivity index (χ4n) is 2.00. The molecular formula is C12H15BrN2O. The third kappa shape index (κ3) is 2.00. The highest BCUT2D eigenvalue weighted by molar-refractivity contribution is 9.10. The SMILES string of the molecule is OCC1(Cc2nc(C3CC3)ncc2Br)CC1. The van der Waals surface area contributed by atoms with E-state index in [1.807, 2.05) is 6.20 Å². The van der Waals surface area contributed by atoms with E-state index in [9.17, 15) is 5.11 Å². The van der Waals surface area contributed by atoms with E-state index < -0.39 is 0 Å². The number of aliphatic hydroxyl groups is 1. The third-order valence-electron chi connectivity index (χ3n) is 3.61. The van der Waals surface area contributed by atoms with Gasteiger partial charge in [0.2, 0.25) is 0 Å². The number of aromatic nitrogens is 2. The molecule has 2 aliphatic carbocycles. The lowest BCUT2D eigenvalue weighted by Crippen LogP contribution is -2.12. The largest absolute Gasteiger partial charge is 0.396 e. The Morgan fingerprint density at radius 3 is 2.75 bits per heavy atom. The monoisotopic (exact) mass is 282 g/mol. The Hall–Kier alpha value is -0.480. The Morgan fingerprint density at radius 1 is 1.44 bits per heavy atom. The Morgan fingerprint density at radius 2 is 2.19 bits per heavy atom. The van der Waals surface area contributed by atoms with Gasteiger partial charge in [0.15, 0.2) is 0 Å². The minimum atomic E-state index is 0.123. The molecular weight excluding hydrogens is 268 g/mol.